The van der Waals surface area contributed by atoms with Crippen molar-refractivity contribution >= 4 is 17.9 Å². The predicted molar refractivity (Wildman–Crippen MR) is 57.5 cm³/mol. The highest BCUT2D eigenvalue weighted by atomic mass is 16.5. The van der Waals surface area contributed by atoms with E-state index in [1.165, 1.54) is 6.20 Å². The number of rotatable bonds is 5. The summed E-state index contributed by atoms with van der Waals surface area (Å²) in [5.74, 6) is -0.669. The molecule has 8 nitrogen and oxygen atoms in total. The molecule has 0 aliphatic heterocycles. The molecule has 0 aliphatic rings. The van der Waals surface area contributed by atoms with Crippen molar-refractivity contribution < 1.29 is 19.4 Å². The lowest BCUT2D eigenvalue weighted by Gasteiger charge is -2.06. The zero-order valence-electron chi connectivity index (χ0n) is 9.58. The van der Waals surface area contributed by atoms with Crippen molar-refractivity contribution in [1.29, 1.82) is 0 Å². The number of carbonyl (C=O) groups is 2. The molecule has 17 heavy (non-hydrogen) atoms. The number of carboxylic acids is 1. The van der Waals surface area contributed by atoms with Gasteiger partial charge in [0.05, 0.1) is 12.8 Å². The van der Waals surface area contributed by atoms with Gasteiger partial charge in [-0.15, -0.1) is 5.10 Å². The van der Waals surface area contributed by atoms with Crippen LogP contribution in [0, 0.1) is 5.92 Å². The largest absolute Gasteiger partial charge is 0.480 e. The zero-order valence-corrected chi connectivity index (χ0v) is 9.58. The van der Waals surface area contributed by atoms with Crippen LogP contribution in [0.5, 0.6) is 0 Å². The quantitative estimate of drug-likeness (QED) is 0.781. The van der Waals surface area contributed by atoms with Crippen LogP contribution in [0.2, 0.25) is 0 Å². The molecular formula is C9H14N4O4. The lowest BCUT2D eigenvalue weighted by molar-refractivity contribution is -0.138. The molecule has 0 aromatic carbocycles. The topological polar surface area (TPSA) is 106 Å². The van der Waals surface area contributed by atoms with Crippen molar-refractivity contribution in [1.82, 2.24) is 15.0 Å². The predicted octanol–water partition coefficient (Wildman–Crippen LogP) is 0.567. The molecule has 8 heteroatoms. The lowest BCUT2D eigenvalue weighted by atomic mass is 10.2. The molecule has 1 amide bonds. The number of hydrogen-bond acceptors (Lipinski definition) is 5. The first kappa shape index (κ1) is 12.9. The van der Waals surface area contributed by atoms with E-state index >= 15 is 0 Å². The Morgan fingerprint density at radius 1 is 1.59 bits per heavy atom. The van der Waals surface area contributed by atoms with Gasteiger partial charge in [-0.1, -0.05) is 13.8 Å². The molecule has 0 bridgehead atoms. The van der Waals surface area contributed by atoms with Crippen LogP contribution in [0.1, 0.15) is 13.8 Å². The number of nitrogens with zero attached hydrogens (tertiary/aromatic N) is 3. The van der Waals surface area contributed by atoms with Gasteiger partial charge in [-0.05, 0) is 5.92 Å². The number of hydrogen-bond donors (Lipinski definition) is 2. The van der Waals surface area contributed by atoms with Gasteiger partial charge in [0.1, 0.15) is 0 Å². The molecule has 0 saturated carbocycles. The number of anilines is 1. The molecule has 2 N–H and O–H groups in total. The van der Waals surface area contributed by atoms with E-state index < -0.39 is 12.1 Å². The Bertz CT molecular complexity index is 401. The van der Waals surface area contributed by atoms with E-state index in [1.807, 2.05) is 13.8 Å². The summed E-state index contributed by atoms with van der Waals surface area (Å²) in [6, 6.07) is 0. The third kappa shape index (κ3) is 4.96. The van der Waals surface area contributed by atoms with Gasteiger partial charge in [0.25, 0.3) is 0 Å². The molecule has 1 heterocycles. The smallest absolute Gasteiger partial charge is 0.412 e. The van der Waals surface area contributed by atoms with Gasteiger partial charge in [-0.3, -0.25) is 10.1 Å². The highest BCUT2D eigenvalue weighted by Gasteiger charge is 2.08. The highest BCUT2D eigenvalue weighted by Crippen LogP contribution is 2.01. The van der Waals surface area contributed by atoms with Gasteiger partial charge in [0.15, 0.2) is 12.4 Å². The Morgan fingerprint density at radius 2 is 2.29 bits per heavy atom. The summed E-state index contributed by atoms with van der Waals surface area (Å²) in [7, 11) is 0. The fraction of sp³-hybridized carbons (Fsp3) is 0.556. The summed E-state index contributed by atoms with van der Waals surface area (Å²) in [5, 5.41) is 18.2. The molecule has 1 aromatic heterocycles. The summed E-state index contributed by atoms with van der Waals surface area (Å²) in [6.07, 6.45) is 0.612. The van der Waals surface area contributed by atoms with Crippen LogP contribution in [-0.2, 0) is 16.1 Å². The Morgan fingerprint density at radius 3 is 2.88 bits per heavy atom. The highest BCUT2D eigenvalue weighted by molar-refractivity contribution is 5.82. The SMILES string of the molecule is CC(C)COC(=O)Nc1cnn(CC(=O)O)n1. The van der Waals surface area contributed by atoms with Crippen molar-refractivity contribution in [2.24, 2.45) is 5.92 Å². The normalized spacial score (nSPS) is 10.3. The fourth-order valence-electron chi connectivity index (χ4n) is 0.935. The minimum absolute atomic E-state index is 0.153. The minimum atomic E-state index is -1.06. The molecular weight excluding hydrogens is 228 g/mol. The first-order valence-electron chi connectivity index (χ1n) is 5.03. The number of carbonyl (C=O) groups excluding carboxylic acids is 1. The van der Waals surface area contributed by atoms with Crippen molar-refractivity contribution in [3.8, 4) is 0 Å². The van der Waals surface area contributed by atoms with Crippen LogP contribution < -0.4 is 5.32 Å². The van der Waals surface area contributed by atoms with Gasteiger partial charge >= 0.3 is 12.1 Å². The van der Waals surface area contributed by atoms with Gasteiger partial charge < -0.3 is 9.84 Å². The minimum Gasteiger partial charge on any atom is -0.480 e. The van der Waals surface area contributed by atoms with Crippen molar-refractivity contribution in [2.45, 2.75) is 20.4 Å². The monoisotopic (exact) mass is 242 g/mol. The molecule has 0 spiro atoms. The molecule has 0 fully saturated rings. The van der Waals surface area contributed by atoms with Gasteiger partial charge in [-0.2, -0.15) is 9.90 Å². The molecule has 94 valence electrons. The molecule has 0 atom stereocenters. The van der Waals surface area contributed by atoms with Crippen molar-refractivity contribution in [3.05, 3.63) is 6.20 Å². The number of amides is 1. The van der Waals surface area contributed by atoms with Crippen LogP contribution >= 0.6 is 0 Å². The second kappa shape index (κ2) is 5.83. The van der Waals surface area contributed by atoms with Crippen molar-refractivity contribution in [2.75, 3.05) is 11.9 Å². The number of aromatic nitrogens is 3. The van der Waals surface area contributed by atoms with Crippen molar-refractivity contribution in [3.63, 3.8) is 0 Å². The third-order valence-electron chi connectivity index (χ3n) is 1.59. The molecule has 0 saturated heterocycles. The number of ether oxygens (including phenoxy) is 1. The Kier molecular flexibility index (Phi) is 4.44. The molecule has 1 rings (SSSR count). The van der Waals surface area contributed by atoms with Crippen LogP contribution in [-0.4, -0.2) is 38.8 Å². The zero-order chi connectivity index (χ0) is 12.8. The Balaban J connectivity index is 2.43. The standard InChI is InChI=1S/C9H14N4O4/c1-6(2)5-17-9(16)11-7-3-10-13(12-7)4-8(14)15/h3,6H,4-5H2,1-2H3,(H,14,15)(H,11,12,16). The van der Waals surface area contributed by atoms with Crippen LogP contribution in [0.3, 0.4) is 0 Å². The van der Waals surface area contributed by atoms with E-state index in [0.29, 0.717) is 6.61 Å². The number of nitrogens with one attached hydrogen (secondary N) is 1. The van der Waals surface area contributed by atoms with E-state index in [0.717, 1.165) is 4.80 Å². The van der Waals surface area contributed by atoms with Gasteiger partial charge in [0.2, 0.25) is 0 Å². The summed E-state index contributed by atoms with van der Waals surface area (Å²) in [6.45, 7) is 3.77. The number of carboxylic acid groups (broad SMARTS) is 1. The van der Waals surface area contributed by atoms with E-state index in [9.17, 15) is 9.59 Å². The van der Waals surface area contributed by atoms with Gasteiger partial charge in [0, 0.05) is 0 Å². The second-order valence-corrected chi connectivity index (χ2v) is 3.77. The first-order valence-corrected chi connectivity index (χ1v) is 5.03. The maximum atomic E-state index is 11.2. The van der Waals surface area contributed by atoms with Crippen LogP contribution in [0.4, 0.5) is 10.6 Å². The van der Waals surface area contributed by atoms with E-state index in [-0.39, 0.29) is 18.3 Å². The van der Waals surface area contributed by atoms with E-state index in [4.69, 9.17) is 9.84 Å². The maximum Gasteiger partial charge on any atom is 0.412 e. The Hall–Kier alpha value is -2.12. The van der Waals surface area contributed by atoms with E-state index in [2.05, 4.69) is 15.5 Å². The maximum absolute atomic E-state index is 11.2. The third-order valence-corrected chi connectivity index (χ3v) is 1.59. The summed E-state index contributed by atoms with van der Waals surface area (Å²) >= 11 is 0. The molecule has 0 unspecified atom stereocenters. The lowest BCUT2D eigenvalue weighted by Crippen LogP contribution is -2.17. The van der Waals surface area contributed by atoms with Crippen LogP contribution in [0.25, 0.3) is 0 Å². The fourth-order valence-corrected chi connectivity index (χ4v) is 0.935. The summed E-state index contributed by atoms with van der Waals surface area (Å²) < 4.78 is 4.85. The molecule has 0 radical (unpaired) electrons. The first-order chi connectivity index (χ1) is 7.97. The second-order valence-electron chi connectivity index (χ2n) is 3.77. The van der Waals surface area contributed by atoms with E-state index in [1.54, 1.807) is 0 Å². The molecule has 0 aliphatic carbocycles. The number of aliphatic carboxylic acids is 1. The average molecular weight is 242 g/mol. The Labute approximate surface area is 97.6 Å². The van der Waals surface area contributed by atoms with Crippen LogP contribution in [0.15, 0.2) is 6.20 Å². The summed E-state index contributed by atoms with van der Waals surface area (Å²) in [5.41, 5.74) is 0. The van der Waals surface area contributed by atoms with Gasteiger partial charge in [-0.25, -0.2) is 4.79 Å². The molecule has 1 aromatic rings. The summed E-state index contributed by atoms with van der Waals surface area (Å²) in [4.78, 5) is 22.5. The average Bonchev–Trinajstić information content (AvgIpc) is 2.61.